The van der Waals surface area contributed by atoms with E-state index in [1.54, 1.807) is 48.9 Å². The van der Waals surface area contributed by atoms with Crippen molar-refractivity contribution in [2.24, 2.45) is 0 Å². The molecule has 2 aromatic rings. The summed E-state index contributed by atoms with van der Waals surface area (Å²) in [4.78, 5) is -0.225. The van der Waals surface area contributed by atoms with Crippen LogP contribution in [0.25, 0.3) is 6.08 Å². The van der Waals surface area contributed by atoms with E-state index >= 15 is 0 Å². The lowest BCUT2D eigenvalue weighted by molar-refractivity contribution is 0.414. The summed E-state index contributed by atoms with van der Waals surface area (Å²) < 4.78 is 29.6. The maximum absolute atomic E-state index is 12.3. The van der Waals surface area contributed by atoms with Gasteiger partial charge in [0, 0.05) is 0 Å². The Labute approximate surface area is 127 Å². The predicted molar refractivity (Wildman–Crippen MR) is 83.5 cm³/mol. The molecule has 21 heavy (non-hydrogen) atoms. The zero-order chi connectivity index (χ0) is 15.3. The zero-order valence-corrected chi connectivity index (χ0v) is 12.9. The van der Waals surface area contributed by atoms with E-state index in [-0.39, 0.29) is 10.7 Å². The minimum absolute atomic E-state index is 0.208. The van der Waals surface area contributed by atoms with Gasteiger partial charge in [0.1, 0.15) is 16.7 Å². The van der Waals surface area contributed by atoms with Gasteiger partial charge in [0.2, 0.25) is 0 Å². The molecule has 0 atom stereocenters. The molecule has 0 fully saturated rings. The normalized spacial score (nSPS) is 11.9. The minimum Gasteiger partial charge on any atom is -0.497 e. The van der Waals surface area contributed by atoms with Crippen molar-refractivity contribution >= 4 is 27.3 Å². The highest BCUT2D eigenvalue weighted by Crippen LogP contribution is 2.20. The Kier molecular flexibility index (Phi) is 4.78. The summed E-state index contributed by atoms with van der Waals surface area (Å²) in [5.74, 6) is 0.450. The van der Waals surface area contributed by atoms with Crippen LogP contribution in [0, 0.1) is 11.3 Å². The SMILES string of the molecule is COc1ccc(CS(=O)(=O)C(C#N)=Cc2ccsc2)cc1. The Balaban J connectivity index is 2.26. The number of hydrogen-bond donors (Lipinski definition) is 0. The molecule has 2 rings (SSSR count). The van der Waals surface area contributed by atoms with Crippen LogP contribution in [0.5, 0.6) is 5.75 Å². The highest BCUT2D eigenvalue weighted by Gasteiger charge is 2.18. The van der Waals surface area contributed by atoms with Crippen LogP contribution in [0.4, 0.5) is 0 Å². The molecule has 4 nitrogen and oxygen atoms in total. The fraction of sp³-hybridized carbons (Fsp3) is 0.133. The number of ether oxygens (including phenoxy) is 1. The van der Waals surface area contributed by atoms with Gasteiger partial charge in [0.05, 0.1) is 12.9 Å². The lowest BCUT2D eigenvalue weighted by atomic mass is 10.2. The molecular weight excluding hydrogens is 306 g/mol. The maximum Gasteiger partial charge on any atom is 0.192 e. The number of benzene rings is 1. The average Bonchev–Trinajstić information content (AvgIpc) is 2.98. The molecule has 0 radical (unpaired) electrons. The molecular formula is C15H13NO3S2. The summed E-state index contributed by atoms with van der Waals surface area (Å²) in [6.45, 7) is 0. The summed E-state index contributed by atoms with van der Waals surface area (Å²) in [5, 5.41) is 12.7. The number of nitriles is 1. The van der Waals surface area contributed by atoms with Crippen molar-refractivity contribution in [2.75, 3.05) is 7.11 Å². The van der Waals surface area contributed by atoms with Crippen molar-refractivity contribution in [3.63, 3.8) is 0 Å². The van der Waals surface area contributed by atoms with Gasteiger partial charge < -0.3 is 4.74 Å². The summed E-state index contributed by atoms with van der Waals surface area (Å²) in [7, 11) is -2.11. The van der Waals surface area contributed by atoms with Crippen LogP contribution in [0.2, 0.25) is 0 Å². The molecule has 0 saturated carbocycles. The molecule has 0 bridgehead atoms. The van der Waals surface area contributed by atoms with E-state index in [4.69, 9.17) is 10.00 Å². The first-order valence-corrected chi connectivity index (χ1v) is 8.64. The van der Waals surface area contributed by atoms with Gasteiger partial charge in [0.15, 0.2) is 9.84 Å². The molecule has 0 amide bonds. The molecule has 0 spiro atoms. The van der Waals surface area contributed by atoms with Crippen molar-refractivity contribution in [3.8, 4) is 11.8 Å². The molecule has 0 aliphatic heterocycles. The van der Waals surface area contributed by atoms with Gasteiger partial charge in [-0.2, -0.15) is 16.6 Å². The third-order valence-electron chi connectivity index (χ3n) is 2.80. The first-order valence-electron chi connectivity index (χ1n) is 6.05. The highest BCUT2D eigenvalue weighted by molar-refractivity contribution is 7.95. The predicted octanol–water partition coefficient (Wildman–Crippen LogP) is 3.24. The number of hydrogen-bond acceptors (Lipinski definition) is 5. The van der Waals surface area contributed by atoms with Gasteiger partial charge in [-0.3, -0.25) is 0 Å². The molecule has 6 heteroatoms. The Morgan fingerprint density at radius 1 is 1.33 bits per heavy atom. The second kappa shape index (κ2) is 6.57. The summed E-state index contributed by atoms with van der Waals surface area (Å²) in [5.41, 5.74) is 1.33. The molecule has 0 aliphatic rings. The van der Waals surface area contributed by atoms with Crippen molar-refractivity contribution in [2.45, 2.75) is 5.75 Å². The standard InChI is InChI=1S/C15H13NO3S2/c1-19-14-4-2-12(3-5-14)11-21(17,18)15(9-16)8-13-6-7-20-10-13/h2-8,10H,11H2,1H3. The lowest BCUT2D eigenvalue weighted by Crippen LogP contribution is -2.06. The first kappa shape index (κ1) is 15.3. The Bertz CT molecular complexity index is 767. The molecule has 1 aromatic carbocycles. The lowest BCUT2D eigenvalue weighted by Gasteiger charge is -2.04. The number of allylic oxidation sites excluding steroid dienone is 1. The number of thiophene rings is 1. The minimum atomic E-state index is -3.66. The van der Waals surface area contributed by atoms with E-state index in [0.29, 0.717) is 11.3 Å². The second-order valence-electron chi connectivity index (χ2n) is 4.28. The van der Waals surface area contributed by atoms with Crippen LogP contribution in [-0.4, -0.2) is 15.5 Å². The Morgan fingerprint density at radius 3 is 2.57 bits per heavy atom. The van der Waals surface area contributed by atoms with E-state index in [0.717, 1.165) is 5.56 Å². The van der Waals surface area contributed by atoms with Crippen LogP contribution in [0.15, 0.2) is 46.0 Å². The van der Waals surface area contributed by atoms with Gasteiger partial charge in [-0.25, -0.2) is 8.42 Å². The van der Waals surface area contributed by atoms with Gasteiger partial charge >= 0.3 is 0 Å². The molecule has 108 valence electrons. The maximum atomic E-state index is 12.3. The third kappa shape index (κ3) is 3.94. The fourth-order valence-electron chi connectivity index (χ4n) is 1.72. The molecule has 1 heterocycles. The largest absolute Gasteiger partial charge is 0.497 e. The van der Waals surface area contributed by atoms with E-state index in [2.05, 4.69) is 0 Å². The fourth-order valence-corrected chi connectivity index (χ4v) is 3.58. The van der Waals surface area contributed by atoms with Crippen molar-refractivity contribution in [3.05, 3.63) is 57.1 Å². The zero-order valence-electron chi connectivity index (χ0n) is 11.3. The molecule has 0 saturated heterocycles. The van der Waals surface area contributed by atoms with Gasteiger partial charge in [-0.15, -0.1) is 0 Å². The van der Waals surface area contributed by atoms with Crippen LogP contribution >= 0.6 is 11.3 Å². The first-order chi connectivity index (χ1) is 10.0. The van der Waals surface area contributed by atoms with Crippen molar-refractivity contribution in [1.29, 1.82) is 5.26 Å². The highest BCUT2D eigenvalue weighted by atomic mass is 32.2. The molecule has 0 N–H and O–H groups in total. The van der Waals surface area contributed by atoms with Crippen LogP contribution in [0.1, 0.15) is 11.1 Å². The van der Waals surface area contributed by atoms with Crippen LogP contribution in [0.3, 0.4) is 0 Å². The molecule has 1 aromatic heterocycles. The smallest absolute Gasteiger partial charge is 0.192 e. The second-order valence-corrected chi connectivity index (χ2v) is 7.02. The number of methoxy groups -OCH3 is 1. The third-order valence-corrected chi connectivity index (χ3v) is 5.10. The summed E-state index contributed by atoms with van der Waals surface area (Å²) in [6.07, 6.45) is 1.40. The van der Waals surface area contributed by atoms with Crippen molar-refractivity contribution < 1.29 is 13.2 Å². The summed E-state index contributed by atoms with van der Waals surface area (Å²) in [6, 6.07) is 10.3. The van der Waals surface area contributed by atoms with E-state index in [1.165, 1.54) is 17.4 Å². The van der Waals surface area contributed by atoms with Crippen LogP contribution in [-0.2, 0) is 15.6 Å². The number of sulfone groups is 1. The topological polar surface area (TPSA) is 67.2 Å². The Hall–Kier alpha value is -2.10. The van der Waals surface area contributed by atoms with Gasteiger partial charge in [-0.1, -0.05) is 12.1 Å². The quantitative estimate of drug-likeness (QED) is 0.794. The van der Waals surface area contributed by atoms with E-state index in [1.807, 2.05) is 5.38 Å². The molecule has 0 unspecified atom stereocenters. The number of rotatable bonds is 5. The van der Waals surface area contributed by atoms with Crippen LogP contribution < -0.4 is 4.74 Å². The summed E-state index contributed by atoms with van der Waals surface area (Å²) >= 11 is 1.45. The average molecular weight is 319 g/mol. The van der Waals surface area contributed by atoms with Crippen molar-refractivity contribution in [1.82, 2.24) is 0 Å². The van der Waals surface area contributed by atoms with E-state index < -0.39 is 9.84 Å². The van der Waals surface area contributed by atoms with E-state index in [9.17, 15) is 8.42 Å². The van der Waals surface area contributed by atoms with Gasteiger partial charge in [0.25, 0.3) is 0 Å². The molecule has 0 aliphatic carbocycles. The number of nitrogens with zero attached hydrogens (tertiary/aromatic N) is 1. The Morgan fingerprint density at radius 2 is 2.05 bits per heavy atom. The van der Waals surface area contributed by atoms with Gasteiger partial charge in [-0.05, 0) is 46.2 Å². The monoisotopic (exact) mass is 319 g/mol.